The molecule has 3 rings (SSSR count). The summed E-state index contributed by atoms with van der Waals surface area (Å²) in [4.78, 5) is 0. The zero-order valence-electron chi connectivity index (χ0n) is 19.1. The highest BCUT2D eigenvalue weighted by molar-refractivity contribution is 5.27. The molecule has 7 heteroatoms. The van der Waals surface area contributed by atoms with E-state index in [1.807, 2.05) is 30.3 Å². The van der Waals surface area contributed by atoms with E-state index >= 15 is 0 Å². The highest BCUT2D eigenvalue weighted by Gasteiger charge is 2.38. The molecule has 0 aliphatic carbocycles. The molecule has 3 atom stereocenters. The molecule has 0 bridgehead atoms. The Kier molecular flexibility index (Phi) is 9.20. The summed E-state index contributed by atoms with van der Waals surface area (Å²) in [5, 5.41) is 22.2. The Balaban J connectivity index is 1.78. The van der Waals surface area contributed by atoms with Gasteiger partial charge >= 0.3 is 0 Å². The highest BCUT2D eigenvalue weighted by atomic mass is 19.1. The van der Waals surface area contributed by atoms with Gasteiger partial charge in [-0.05, 0) is 60.2 Å². The van der Waals surface area contributed by atoms with Gasteiger partial charge in [0, 0.05) is 24.7 Å². The Morgan fingerprint density at radius 1 is 0.857 bits per heavy atom. The number of ether oxygens (including phenoxy) is 1. The van der Waals surface area contributed by atoms with Crippen LogP contribution in [-0.2, 0) is 16.9 Å². The predicted molar refractivity (Wildman–Crippen MR) is 125 cm³/mol. The smallest absolute Gasteiger partial charge is 0.126 e. The monoisotopic (exact) mass is 488 g/mol. The van der Waals surface area contributed by atoms with E-state index in [0.717, 1.165) is 29.8 Å². The number of aliphatic hydroxyl groups excluding tert-OH is 1. The van der Waals surface area contributed by atoms with E-state index in [-0.39, 0.29) is 37.0 Å². The first-order valence-electron chi connectivity index (χ1n) is 11.3. The Morgan fingerprint density at radius 2 is 1.43 bits per heavy atom. The summed E-state index contributed by atoms with van der Waals surface area (Å²) >= 11 is 0. The minimum Gasteiger partial charge on any atom is -0.388 e. The summed E-state index contributed by atoms with van der Waals surface area (Å²) in [7, 11) is 0. The quantitative estimate of drug-likeness (QED) is 0.177. The molecule has 0 amide bonds. The van der Waals surface area contributed by atoms with E-state index in [1.165, 1.54) is 6.08 Å². The van der Waals surface area contributed by atoms with Crippen molar-refractivity contribution in [3.05, 3.63) is 119 Å². The van der Waals surface area contributed by atoms with Gasteiger partial charge in [-0.3, -0.25) is 0 Å². The lowest BCUT2D eigenvalue weighted by molar-refractivity contribution is -0.0379. The lowest BCUT2D eigenvalue weighted by Gasteiger charge is -2.36. The zero-order chi connectivity index (χ0) is 25.4. The first-order valence-corrected chi connectivity index (χ1v) is 11.3. The van der Waals surface area contributed by atoms with Gasteiger partial charge in [-0.2, -0.15) is 0 Å². The lowest BCUT2D eigenvalue weighted by atomic mass is 9.75. The maximum Gasteiger partial charge on any atom is 0.126 e. The van der Waals surface area contributed by atoms with Crippen LogP contribution >= 0.6 is 0 Å². The summed E-state index contributed by atoms with van der Waals surface area (Å²) in [6.45, 7) is 4.35. The van der Waals surface area contributed by atoms with Crippen molar-refractivity contribution in [1.29, 1.82) is 0 Å². The molecule has 3 nitrogen and oxygen atoms in total. The normalized spacial score (nSPS) is 14.8. The van der Waals surface area contributed by atoms with Crippen LogP contribution in [-0.4, -0.2) is 16.8 Å². The van der Waals surface area contributed by atoms with Gasteiger partial charge in [0.25, 0.3) is 0 Å². The van der Waals surface area contributed by atoms with Gasteiger partial charge < -0.3 is 14.9 Å². The van der Waals surface area contributed by atoms with Gasteiger partial charge in [-0.1, -0.05) is 36.4 Å². The van der Waals surface area contributed by atoms with Gasteiger partial charge in [-0.25, -0.2) is 17.6 Å². The number of hydrogen-bond acceptors (Lipinski definition) is 3. The van der Waals surface area contributed by atoms with Crippen molar-refractivity contribution < 1.29 is 32.5 Å². The third-order valence-electron chi connectivity index (χ3n) is 6.01. The molecule has 35 heavy (non-hydrogen) atoms. The molecule has 0 radical (unpaired) electrons. The second-order valence-corrected chi connectivity index (χ2v) is 8.51. The van der Waals surface area contributed by atoms with Crippen LogP contribution in [0.15, 0.2) is 79.4 Å². The highest BCUT2D eigenvalue weighted by Crippen LogP contribution is 2.40. The molecule has 3 aromatic carbocycles. The molecule has 0 fully saturated rings. The summed E-state index contributed by atoms with van der Waals surface area (Å²) in [6, 6.07) is 14.9. The van der Waals surface area contributed by atoms with E-state index in [0.29, 0.717) is 18.7 Å². The van der Waals surface area contributed by atoms with E-state index in [1.54, 1.807) is 0 Å². The fraction of sp³-hybridized carbons (Fsp3) is 0.286. The summed E-state index contributed by atoms with van der Waals surface area (Å²) in [6.07, 6.45) is 0.139. The number of aliphatic hydroxyl groups is 2. The molecule has 0 heterocycles. The van der Waals surface area contributed by atoms with E-state index in [9.17, 15) is 27.8 Å². The van der Waals surface area contributed by atoms with Gasteiger partial charge in [0.2, 0.25) is 0 Å². The van der Waals surface area contributed by atoms with E-state index in [2.05, 4.69) is 6.58 Å². The van der Waals surface area contributed by atoms with Crippen molar-refractivity contribution in [2.45, 2.75) is 37.6 Å². The van der Waals surface area contributed by atoms with Crippen molar-refractivity contribution in [1.82, 2.24) is 0 Å². The molecule has 0 aliphatic rings. The van der Waals surface area contributed by atoms with E-state index in [4.69, 9.17) is 4.74 Å². The number of halogens is 4. The second kappa shape index (κ2) is 12.1. The van der Waals surface area contributed by atoms with Crippen LogP contribution in [0.5, 0.6) is 0 Å². The molecule has 0 unspecified atom stereocenters. The van der Waals surface area contributed by atoms with Crippen molar-refractivity contribution in [2.24, 2.45) is 5.92 Å². The zero-order valence-corrected chi connectivity index (χ0v) is 19.1. The van der Waals surface area contributed by atoms with Crippen LogP contribution in [0.4, 0.5) is 17.6 Å². The minimum absolute atomic E-state index is 0.00313. The van der Waals surface area contributed by atoms with Crippen LogP contribution in [0.25, 0.3) is 0 Å². The predicted octanol–water partition coefficient (Wildman–Crippen LogP) is 6.35. The van der Waals surface area contributed by atoms with Gasteiger partial charge in [0.05, 0.1) is 18.3 Å². The maximum atomic E-state index is 14.0. The molecule has 0 saturated carbocycles. The van der Waals surface area contributed by atoms with Crippen molar-refractivity contribution in [3.63, 3.8) is 0 Å². The summed E-state index contributed by atoms with van der Waals surface area (Å²) in [5.41, 5.74) is -0.888. The average molecular weight is 489 g/mol. The lowest BCUT2D eigenvalue weighted by Crippen LogP contribution is -2.35. The van der Waals surface area contributed by atoms with Gasteiger partial charge in [-0.15, -0.1) is 6.58 Å². The van der Waals surface area contributed by atoms with Crippen LogP contribution in [0.2, 0.25) is 0 Å². The van der Waals surface area contributed by atoms with Gasteiger partial charge in [0.15, 0.2) is 0 Å². The molecular formula is C28H28F4O3. The van der Waals surface area contributed by atoms with Gasteiger partial charge in [0.1, 0.15) is 23.3 Å². The van der Waals surface area contributed by atoms with Crippen LogP contribution in [0.3, 0.4) is 0 Å². The number of rotatable bonds is 12. The van der Waals surface area contributed by atoms with Crippen LogP contribution < -0.4 is 0 Å². The van der Waals surface area contributed by atoms with E-state index < -0.39 is 40.9 Å². The molecule has 3 aromatic rings. The molecular weight excluding hydrogens is 460 g/mol. The molecule has 186 valence electrons. The number of benzene rings is 3. The molecule has 2 N–H and O–H groups in total. The molecule has 0 aliphatic heterocycles. The Labute approximate surface area is 202 Å². The summed E-state index contributed by atoms with van der Waals surface area (Å²) < 4.78 is 61.0. The topological polar surface area (TPSA) is 49.7 Å². The third-order valence-corrected chi connectivity index (χ3v) is 6.01. The Hall–Kier alpha value is -3.00. The Bertz CT molecular complexity index is 1080. The summed E-state index contributed by atoms with van der Waals surface area (Å²) in [5.74, 6) is -4.12. The largest absolute Gasteiger partial charge is 0.388 e. The number of hydrogen-bond donors (Lipinski definition) is 2. The Morgan fingerprint density at radius 3 is 2.00 bits per heavy atom. The SMILES string of the molecule is C=C[C@H](CCOCc1ccccc1)[C@@](O)(CC[C@@H](O)c1cc(F)cc(F)c1)c1cc(F)cc(F)c1. The fourth-order valence-electron chi connectivity index (χ4n) is 4.16. The molecule has 0 aromatic heterocycles. The fourth-order valence-corrected chi connectivity index (χ4v) is 4.16. The second-order valence-electron chi connectivity index (χ2n) is 8.51. The molecule has 0 saturated heterocycles. The first kappa shape index (κ1) is 26.6. The average Bonchev–Trinajstić information content (AvgIpc) is 2.82. The maximum absolute atomic E-state index is 14.0. The molecule has 0 spiro atoms. The van der Waals surface area contributed by atoms with Crippen molar-refractivity contribution in [2.75, 3.05) is 6.61 Å². The van der Waals surface area contributed by atoms with Crippen LogP contribution in [0.1, 0.15) is 42.1 Å². The standard InChI is InChI=1S/C28H28F4O3/c1-2-21(9-11-35-18-19-6-4-3-5-7-19)28(34,22-14-25(31)17-26(32)15-22)10-8-27(33)20-12-23(29)16-24(30)13-20/h2-7,12-17,21,27,33-34H,1,8-11,18H2/t21-,27-,28+/m1/s1. The van der Waals surface area contributed by atoms with Crippen molar-refractivity contribution in [3.8, 4) is 0 Å². The first-order chi connectivity index (χ1) is 16.7. The van der Waals surface area contributed by atoms with Crippen molar-refractivity contribution >= 4 is 0 Å². The van der Waals surface area contributed by atoms with Crippen LogP contribution in [0, 0.1) is 29.2 Å². The third kappa shape index (κ3) is 7.24. The minimum atomic E-state index is -1.83.